The summed E-state index contributed by atoms with van der Waals surface area (Å²) in [7, 11) is 3.18. The van der Waals surface area contributed by atoms with Crippen molar-refractivity contribution in [2.45, 2.75) is 31.4 Å². The maximum atomic E-state index is 11.7. The quantitative estimate of drug-likeness (QED) is 0.795. The number of ether oxygens (including phenoxy) is 2. The first-order chi connectivity index (χ1) is 11.5. The van der Waals surface area contributed by atoms with Crippen molar-refractivity contribution in [3.05, 3.63) is 35.4 Å². The molecule has 2 fully saturated rings. The van der Waals surface area contributed by atoms with E-state index in [2.05, 4.69) is 4.90 Å². The van der Waals surface area contributed by atoms with Crippen LogP contribution in [0.4, 0.5) is 4.79 Å². The van der Waals surface area contributed by atoms with Gasteiger partial charge in [0, 0.05) is 26.6 Å². The van der Waals surface area contributed by atoms with Crippen LogP contribution in [0.5, 0.6) is 0 Å². The minimum atomic E-state index is -0.314. The van der Waals surface area contributed by atoms with E-state index >= 15 is 0 Å². The van der Waals surface area contributed by atoms with E-state index in [0.29, 0.717) is 12.1 Å². The molecule has 1 atom stereocenters. The fraction of sp³-hybridized carbons (Fsp3) is 0.556. The second kappa shape index (κ2) is 6.81. The Hall–Kier alpha value is -2.08. The zero-order chi connectivity index (χ0) is 17.2. The lowest BCUT2D eigenvalue weighted by atomic mass is 9.95. The van der Waals surface area contributed by atoms with E-state index in [4.69, 9.17) is 9.47 Å². The molecule has 3 rings (SSSR count). The fourth-order valence-corrected chi connectivity index (χ4v) is 3.56. The van der Waals surface area contributed by atoms with Crippen LogP contribution in [0, 0.1) is 0 Å². The van der Waals surface area contributed by atoms with Gasteiger partial charge in [-0.25, -0.2) is 9.59 Å². The highest BCUT2D eigenvalue weighted by Gasteiger charge is 2.44. The fourth-order valence-electron chi connectivity index (χ4n) is 3.56. The molecule has 0 unspecified atom stereocenters. The normalized spacial score (nSPS) is 24.8. The Morgan fingerprint density at radius 1 is 1.25 bits per heavy atom. The molecule has 1 aromatic rings. The largest absolute Gasteiger partial charge is 0.465 e. The van der Waals surface area contributed by atoms with Crippen LogP contribution in [0.1, 0.15) is 35.2 Å². The number of nitrogens with zero attached hydrogens (tertiary/aromatic N) is 2. The molecule has 2 heterocycles. The monoisotopic (exact) mass is 332 g/mol. The van der Waals surface area contributed by atoms with Crippen molar-refractivity contribution in [2.75, 3.05) is 33.8 Å². The van der Waals surface area contributed by atoms with Gasteiger partial charge in [-0.15, -0.1) is 0 Å². The van der Waals surface area contributed by atoms with Gasteiger partial charge in [-0.05, 0) is 37.1 Å². The number of benzene rings is 1. The SMILES string of the molecule is COC(=O)c1ccc(CN2CCC[C@@]3(CC2)CN(C)C(=O)O3)cc1. The van der Waals surface area contributed by atoms with Crippen LogP contribution in [0.15, 0.2) is 24.3 Å². The highest BCUT2D eigenvalue weighted by atomic mass is 16.6. The molecule has 0 saturated carbocycles. The molecule has 1 aromatic carbocycles. The molecular weight excluding hydrogens is 308 g/mol. The van der Waals surface area contributed by atoms with Gasteiger partial charge >= 0.3 is 12.1 Å². The Labute approximate surface area is 142 Å². The summed E-state index contributed by atoms with van der Waals surface area (Å²) >= 11 is 0. The number of carbonyl (C=O) groups is 2. The van der Waals surface area contributed by atoms with E-state index in [9.17, 15) is 9.59 Å². The number of amides is 1. The standard InChI is InChI=1S/C18H24N2O4/c1-19-13-18(24-17(19)22)8-3-10-20(11-9-18)12-14-4-6-15(7-5-14)16(21)23-2/h4-7H,3,8-13H2,1-2H3/t18-/m1/s1. The van der Waals surface area contributed by atoms with Gasteiger partial charge in [-0.3, -0.25) is 4.90 Å². The summed E-state index contributed by atoms with van der Waals surface area (Å²) in [4.78, 5) is 27.2. The van der Waals surface area contributed by atoms with Gasteiger partial charge in [0.1, 0.15) is 5.60 Å². The van der Waals surface area contributed by atoms with Gasteiger partial charge in [0.05, 0.1) is 19.2 Å². The first-order valence-corrected chi connectivity index (χ1v) is 8.35. The third-order valence-electron chi connectivity index (χ3n) is 4.91. The van der Waals surface area contributed by atoms with Gasteiger partial charge in [-0.1, -0.05) is 12.1 Å². The lowest BCUT2D eigenvalue weighted by molar-refractivity contribution is 0.0442. The molecule has 6 nitrogen and oxygen atoms in total. The summed E-state index contributed by atoms with van der Waals surface area (Å²) in [6.45, 7) is 3.41. The number of likely N-dealkylation sites (N-methyl/N-ethyl adjacent to an activating group) is 1. The van der Waals surface area contributed by atoms with Crippen LogP contribution in [-0.4, -0.2) is 61.3 Å². The van der Waals surface area contributed by atoms with Crippen LogP contribution >= 0.6 is 0 Å². The van der Waals surface area contributed by atoms with Crippen LogP contribution in [0.3, 0.4) is 0 Å². The van der Waals surface area contributed by atoms with Gasteiger partial charge in [0.15, 0.2) is 0 Å². The predicted octanol–water partition coefficient (Wildman–Crippen LogP) is 2.28. The van der Waals surface area contributed by atoms with Gasteiger partial charge < -0.3 is 14.4 Å². The second-order valence-electron chi connectivity index (χ2n) is 6.73. The number of methoxy groups -OCH3 is 1. The van der Waals surface area contributed by atoms with Crippen LogP contribution in [0.2, 0.25) is 0 Å². The minimum absolute atomic E-state index is 0.207. The molecule has 1 spiro atoms. The van der Waals surface area contributed by atoms with Gasteiger partial charge in [-0.2, -0.15) is 0 Å². The zero-order valence-corrected chi connectivity index (χ0v) is 14.3. The molecule has 130 valence electrons. The molecule has 6 heteroatoms. The van der Waals surface area contributed by atoms with Crippen LogP contribution < -0.4 is 0 Å². The Kier molecular flexibility index (Phi) is 4.76. The third-order valence-corrected chi connectivity index (χ3v) is 4.91. The average molecular weight is 332 g/mol. The summed E-state index contributed by atoms with van der Waals surface area (Å²) < 4.78 is 10.4. The molecule has 0 radical (unpaired) electrons. The maximum Gasteiger partial charge on any atom is 0.410 e. The second-order valence-corrected chi connectivity index (χ2v) is 6.73. The molecule has 1 amide bonds. The first-order valence-electron chi connectivity index (χ1n) is 8.35. The van der Waals surface area contributed by atoms with E-state index in [1.54, 1.807) is 24.1 Å². The Morgan fingerprint density at radius 3 is 2.62 bits per heavy atom. The predicted molar refractivity (Wildman–Crippen MR) is 88.8 cm³/mol. The summed E-state index contributed by atoms with van der Waals surface area (Å²) in [6.07, 6.45) is 2.59. The van der Waals surface area contributed by atoms with Crippen LogP contribution in [-0.2, 0) is 16.0 Å². The molecular formula is C18H24N2O4. The molecule has 0 bridgehead atoms. The van der Waals surface area contributed by atoms with Crippen molar-refractivity contribution in [1.29, 1.82) is 0 Å². The highest BCUT2D eigenvalue weighted by molar-refractivity contribution is 5.89. The number of carbonyl (C=O) groups excluding carboxylic acids is 2. The maximum absolute atomic E-state index is 11.7. The molecule has 2 aliphatic rings. The third kappa shape index (κ3) is 3.53. The topological polar surface area (TPSA) is 59.1 Å². The van der Waals surface area contributed by atoms with E-state index in [0.717, 1.165) is 38.9 Å². The van der Waals surface area contributed by atoms with Crippen LogP contribution in [0.25, 0.3) is 0 Å². The first kappa shape index (κ1) is 16.8. The molecule has 0 aliphatic carbocycles. The molecule has 2 saturated heterocycles. The Morgan fingerprint density at radius 2 is 2.00 bits per heavy atom. The number of hydrogen-bond donors (Lipinski definition) is 0. The number of hydrogen-bond acceptors (Lipinski definition) is 5. The van der Waals surface area contributed by atoms with Crippen molar-refractivity contribution in [1.82, 2.24) is 9.80 Å². The highest BCUT2D eigenvalue weighted by Crippen LogP contribution is 2.32. The van der Waals surface area contributed by atoms with Crippen molar-refractivity contribution in [2.24, 2.45) is 0 Å². The van der Waals surface area contributed by atoms with Gasteiger partial charge in [0.25, 0.3) is 0 Å². The van der Waals surface area contributed by atoms with Crippen molar-refractivity contribution in [3.8, 4) is 0 Å². The molecule has 2 aliphatic heterocycles. The van der Waals surface area contributed by atoms with E-state index < -0.39 is 0 Å². The van der Waals surface area contributed by atoms with Crippen molar-refractivity contribution >= 4 is 12.1 Å². The summed E-state index contributed by atoms with van der Waals surface area (Å²) in [5.41, 5.74) is 1.42. The Bertz CT molecular complexity index is 616. The molecule has 0 aromatic heterocycles. The minimum Gasteiger partial charge on any atom is -0.465 e. The smallest absolute Gasteiger partial charge is 0.410 e. The van der Waals surface area contributed by atoms with Crippen molar-refractivity contribution in [3.63, 3.8) is 0 Å². The lowest BCUT2D eigenvalue weighted by Gasteiger charge is -2.25. The lowest BCUT2D eigenvalue weighted by Crippen LogP contribution is -2.35. The summed E-state index contributed by atoms with van der Waals surface area (Å²) in [5, 5.41) is 0. The van der Waals surface area contributed by atoms with E-state index in [1.165, 1.54) is 12.7 Å². The van der Waals surface area contributed by atoms with Crippen molar-refractivity contribution < 1.29 is 19.1 Å². The number of likely N-dealkylation sites (tertiary alicyclic amines) is 1. The molecule has 0 N–H and O–H groups in total. The Balaban J connectivity index is 1.59. The van der Waals surface area contributed by atoms with E-state index in [-0.39, 0.29) is 17.7 Å². The van der Waals surface area contributed by atoms with E-state index in [1.807, 2.05) is 12.1 Å². The van der Waals surface area contributed by atoms with Gasteiger partial charge in [0.2, 0.25) is 0 Å². The average Bonchev–Trinajstić information content (AvgIpc) is 2.74. The number of esters is 1. The zero-order valence-electron chi connectivity index (χ0n) is 14.3. The number of rotatable bonds is 3. The summed E-state index contributed by atoms with van der Waals surface area (Å²) in [6, 6.07) is 7.54. The molecule has 24 heavy (non-hydrogen) atoms. The summed E-state index contributed by atoms with van der Waals surface area (Å²) in [5.74, 6) is -0.314.